The maximum absolute atomic E-state index is 12.1. The molecule has 2 saturated heterocycles. The van der Waals surface area contributed by atoms with Gasteiger partial charge < -0.3 is 15.4 Å². The van der Waals surface area contributed by atoms with E-state index in [2.05, 4.69) is 4.90 Å². The first-order chi connectivity index (χ1) is 8.87. The van der Waals surface area contributed by atoms with Gasteiger partial charge in [0.15, 0.2) is 0 Å². The number of carbonyl (C=O) groups excluding carboxylic acids is 1. The van der Waals surface area contributed by atoms with Crippen molar-refractivity contribution in [2.24, 2.45) is 5.73 Å². The Morgan fingerprint density at radius 1 is 1.16 bits per heavy atom. The Morgan fingerprint density at radius 2 is 1.79 bits per heavy atom. The van der Waals surface area contributed by atoms with Gasteiger partial charge in [0.1, 0.15) is 5.60 Å². The van der Waals surface area contributed by atoms with Gasteiger partial charge in [0.05, 0.1) is 0 Å². The second-order valence-corrected chi connectivity index (χ2v) is 6.71. The molecule has 0 aromatic heterocycles. The van der Waals surface area contributed by atoms with Crippen LogP contribution in [-0.2, 0) is 4.74 Å². The molecule has 0 unspecified atom stereocenters. The number of hydrogen-bond acceptors (Lipinski definition) is 4. The van der Waals surface area contributed by atoms with E-state index in [0.29, 0.717) is 19.1 Å². The molecule has 0 spiro atoms. The molecule has 1 amide bonds. The van der Waals surface area contributed by atoms with Crippen molar-refractivity contribution in [2.45, 2.75) is 57.7 Å². The summed E-state index contributed by atoms with van der Waals surface area (Å²) in [5.74, 6) is 0. The zero-order valence-corrected chi connectivity index (χ0v) is 12.4. The highest BCUT2D eigenvalue weighted by Gasteiger charge is 2.38. The molecule has 110 valence electrons. The van der Waals surface area contributed by atoms with E-state index in [1.54, 1.807) is 4.90 Å². The number of ether oxygens (including phenoxy) is 1. The van der Waals surface area contributed by atoms with Crippen molar-refractivity contribution in [1.29, 1.82) is 0 Å². The first kappa shape index (κ1) is 14.6. The molecule has 5 nitrogen and oxygen atoms in total. The van der Waals surface area contributed by atoms with Gasteiger partial charge >= 0.3 is 6.09 Å². The highest BCUT2D eigenvalue weighted by Crippen LogP contribution is 2.21. The molecule has 0 aromatic carbocycles. The molecule has 2 aliphatic heterocycles. The van der Waals surface area contributed by atoms with Crippen molar-refractivity contribution in [3.8, 4) is 0 Å². The minimum Gasteiger partial charge on any atom is -0.444 e. The van der Waals surface area contributed by atoms with Crippen LogP contribution < -0.4 is 5.73 Å². The summed E-state index contributed by atoms with van der Waals surface area (Å²) in [4.78, 5) is 16.3. The fraction of sp³-hybridized carbons (Fsp3) is 0.929. The number of nitrogens with zero attached hydrogens (tertiary/aromatic N) is 2. The highest BCUT2D eigenvalue weighted by molar-refractivity contribution is 5.68. The molecule has 0 aromatic rings. The molecule has 2 atom stereocenters. The third-order valence-corrected chi connectivity index (χ3v) is 3.84. The van der Waals surface area contributed by atoms with Crippen LogP contribution in [0.3, 0.4) is 0 Å². The molecule has 0 saturated carbocycles. The Balaban J connectivity index is 1.91. The molecule has 2 heterocycles. The van der Waals surface area contributed by atoms with Gasteiger partial charge in [-0.15, -0.1) is 0 Å². The van der Waals surface area contributed by atoms with Crippen molar-refractivity contribution < 1.29 is 9.53 Å². The molecule has 2 fully saturated rings. The van der Waals surface area contributed by atoms with E-state index in [-0.39, 0.29) is 12.1 Å². The zero-order valence-electron chi connectivity index (χ0n) is 12.4. The molecule has 0 radical (unpaired) electrons. The topological polar surface area (TPSA) is 58.8 Å². The summed E-state index contributed by atoms with van der Waals surface area (Å²) in [7, 11) is 0. The van der Waals surface area contributed by atoms with E-state index in [0.717, 1.165) is 13.1 Å². The largest absolute Gasteiger partial charge is 0.444 e. The Labute approximate surface area is 116 Å². The predicted octanol–water partition coefficient (Wildman–Crippen LogP) is 1.42. The van der Waals surface area contributed by atoms with Gasteiger partial charge in [-0.25, -0.2) is 4.79 Å². The standard InChI is InChI=1S/C14H27N3O2/c1-14(2,3)19-13(18)17-9-11(15)12(10-17)16-7-5-4-6-8-16/h11-12H,4-10,15H2,1-3H3/t11-,12+/m0/s1. The first-order valence-corrected chi connectivity index (χ1v) is 7.34. The average Bonchev–Trinajstić information content (AvgIpc) is 2.70. The Morgan fingerprint density at radius 3 is 2.37 bits per heavy atom. The summed E-state index contributed by atoms with van der Waals surface area (Å²) >= 11 is 0. The van der Waals surface area contributed by atoms with Gasteiger partial charge in [-0.1, -0.05) is 6.42 Å². The quantitative estimate of drug-likeness (QED) is 0.782. The molecule has 2 rings (SSSR count). The van der Waals surface area contributed by atoms with E-state index < -0.39 is 5.60 Å². The lowest BCUT2D eigenvalue weighted by atomic mass is 10.1. The Hall–Kier alpha value is -0.810. The lowest BCUT2D eigenvalue weighted by Gasteiger charge is -2.33. The van der Waals surface area contributed by atoms with Crippen molar-refractivity contribution >= 4 is 6.09 Å². The average molecular weight is 269 g/mol. The summed E-state index contributed by atoms with van der Waals surface area (Å²) in [5, 5.41) is 0. The van der Waals surface area contributed by atoms with Crippen LogP contribution in [0.25, 0.3) is 0 Å². The molecular weight excluding hydrogens is 242 g/mol. The summed E-state index contributed by atoms with van der Waals surface area (Å²) in [6.45, 7) is 9.21. The maximum atomic E-state index is 12.1. The van der Waals surface area contributed by atoms with Crippen molar-refractivity contribution in [1.82, 2.24) is 9.80 Å². The minimum absolute atomic E-state index is 0.0469. The van der Waals surface area contributed by atoms with Crippen molar-refractivity contribution in [3.63, 3.8) is 0 Å². The van der Waals surface area contributed by atoms with Gasteiger partial charge in [-0.05, 0) is 46.7 Å². The van der Waals surface area contributed by atoms with Crippen LogP contribution in [0.15, 0.2) is 0 Å². The van der Waals surface area contributed by atoms with E-state index in [9.17, 15) is 4.79 Å². The van der Waals surface area contributed by atoms with Crippen LogP contribution in [0, 0.1) is 0 Å². The van der Waals surface area contributed by atoms with E-state index >= 15 is 0 Å². The third-order valence-electron chi connectivity index (χ3n) is 3.84. The molecule has 0 aliphatic carbocycles. The van der Waals surface area contributed by atoms with Gasteiger partial charge in [0.2, 0.25) is 0 Å². The van der Waals surface area contributed by atoms with Crippen LogP contribution in [-0.4, -0.2) is 59.8 Å². The smallest absolute Gasteiger partial charge is 0.410 e. The number of hydrogen-bond donors (Lipinski definition) is 1. The van der Waals surface area contributed by atoms with E-state index in [1.165, 1.54) is 19.3 Å². The molecule has 2 aliphatic rings. The van der Waals surface area contributed by atoms with Crippen molar-refractivity contribution in [3.05, 3.63) is 0 Å². The molecule has 2 N–H and O–H groups in total. The van der Waals surface area contributed by atoms with Crippen LogP contribution in [0.2, 0.25) is 0 Å². The van der Waals surface area contributed by atoms with Crippen LogP contribution in [0.4, 0.5) is 4.79 Å². The summed E-state index contributed by atoms with van der Waals surface area (Å²) in [6, 6.07) is 0.346. The van der Waals surface area contributed by atoms with Gasteiger partial charge in [-0.3, -0.25) is 4.90 Å². The Bertz CT molecular complexity index is 321. The first-order valence-electron chi connectivity index (χ1n) is 7.34. The summed E-state index contributed by atoms with van der Waals surface area (Å²) in [6.07, 6.45) is 3.57. The van der Waals surface area contributed by atoms with Crippen LogP contribution >= 0.6 is 0 Å². The van der Waals surface area contributed by atoms with Crippen LogP contribution in [0.1, 0.15) is 40.0 Å². The zero-order chi connectivity index (χ0) is 14.0. The maximum Gasteiger partial charge on any atom is 0.410 e. The number of piperidine rings is 1. The Kier molecular flexibility index (Phi) is 4.36. The van der Waals surface area contributed by atoms with Gasteiger partial charge in [0, 0.05) is 25.2 Å². The lowest BCUT2D eigenvalue weighted by Crippen LogP contribution is -2.49. The normalized spacial score (nSPS) is 29.6. The fourth-order valence-corrected chi connectivity index (χ4v) is 2.92. The monoisotopic (exact) mass is 269 g/mol. The van der Waals surface area contributed by atoms with E-state index in [4.69, 9.17) is 10.5 Å². The predicted molar refractivity (Wildman–Crippen MR) is 75.0 cm³/mol. The second-order valence-electron chi connectivity index (χ2n) is 6.71. The lowest BCUT2D eigenvalue weighted by molar-refractivity contribution is 0.0276. The van der Waals surface area contributed by atoms with Gasteiger partial charge in [-0.2, -0.15) is 0 Å². The number of rotatable bonds is 1. The molecule has 19 heavy (non-hydrogen) atoms. The second kappa shape index (κ2) is 5.67. The molecular formula is C14H27N3O2. The van der Waals surface area contributed by atoms with Gasteiger partial charge in [0.25, 0.3) is 0 Å². The summed E-state index contributed by atoms with van der Waals surface area (Å²) < 4.78 is 5.42. The number of carbonyl (C=O) groups is 1. The fourth-order valence-electron chi connectivity index (χ4n) is 2.92. The minimum atomic E-state index is -0.440. The third kappa shape index (κ3) is 3.83. The number of nitrogens with two attached hydrogens (primary N) is 1. The van der Waals surface area contributed by atoms with Crippen LogP contribution in [0.5, 0.6) is 0 Å². The number of amides is 1. The highest BCUT2D eigenvalue weighted by atomic mass is 16.6. The van der Waals surface area contributed by atoms with E-state index in [1.807, 2.05) is 20.8 Å². The summed E-state index contributed by atoms with van der Waals surface area (Å²) in [5.41, 5.74) is 5.77. The molecule has 0 bridgehead atoms. The number of likely N-dealkylation sites (tertiary alicyclic amines) is 2. The SMILES string of the molecule is CC(C)(C)OC(=O)N1C[C@@H](N2CCCCC2)[C@@H](N)C1. The molecule has 5 heteroatoms. The van der Waals surface area contributed by atoms with Crippen molar-refractivity contribution in [2.75, 3.05) is 26.2 Å².